The van der Waals surface area contributed by atoms with Crippen LogP contribution in [0.25, 0.3) is 11.3 Å². The van der Waals surface area contributed by atoms with Gasteiger partial charge in [0.05, 0.1) is 26.5 Å². The van der Waals surface area contributed by atoms with Crippen molar-refractivity contribution in [2.24, 2.45) is 0 Å². The van der Waals surface area contributed by atoms with Gasteiger partial charge >= 0.3 is 0 Å². The first kappa shape index (κ1) is 20.3. The first-order valence-corrected chi connectivity index (χ1v) is 9.39. The van der Waals surface area contributed by atoms with Gasteiger partial charge in [0.2, 0.25) is 5.91 Å². The molecule has 0 aliphatic carbocycles. The summed E-state index contributed by atoms with van der Waals surface area (Å²) in [5, 5.41) is 7.30. The van der Waals surface area contributed by atoms with E-state index in [-0.39, 0.29) is 12.4 Å². The van der Waals surface area contributed by atoms with Gasteiger partial charge in [0, 0.05) is 22.6 Å². The van der Waals surface area contributed by atoms with Gasteiger partial charge in [0.25, 0.3) is 5.91 Å². The van der Waals surface area contributed by atoms with Gasteiger partial charge in [-0.05, 0) is 36.4 Å². The number of amides is 2. The number of ether oxygens (including phenoxy) is 2. The van der Waals surface area contributed by atoms with Crippen LogP contribution < -0.4 is 20.1 Å². The molecule has 9 heteroatoms. The number of rotatable bonds is 7. The van der Waals surface area contributed by atoms with Crippen molar-refractivity contribution in [1.29, 1.82) is 0 Å². The van der Waals surface area contributed by atoms with Gasteiger partial charge < -0.3 is 20.1 Å². The van der Waals surface area contributed by atoms with Gasteiger partial charge in [0.1, 0.15) is 17.3 Å². The summed E-state index contributed by atoms with van der Waals surface area (Å²) in [7, 11) is 2.97. The van der Waals surface area contributed by atoms with Crippen molar-refractivity contribution in [2.45, 2.75) is 0 Å². The fourth-order valence-electron chi connectivity index (χ4n) is 2.45. The standard InChI is InChI=1S/C20H18FN3O4S/c1-27-15-7-13(8-16(9-15)28-2)19(26)22-10-18(25)24-20-23-17(11-29-20)12-3-5-14(21)6-4-12/h3-9,11H,10H2,1-2H3,(H,22,26)(H,23,24,25). The molecule has 0 fully saturated rings. The van der Waals surface area contributed by atoms with Crippen LogP contribution >= 0.6 is 11.3 Å². The number of thiazole rings is 1. The zero-order valence-electron chi connectivity index (χ0n) is 15.7. The maximum Gasteiger partial charge on any atom is 0.251 e. The largest absolute Gasteiger partial charge is 0.497 e. The van der Waals surface area contributed by atoms with Crippen LogP contribution in [-0.2, 0) is 4.79 Å². The summed E-state index contributed by atoms with van der Waals surface area (Å²) >= 11 is 1.23. The molecule has 0 aliphatic heterocycles. The summed E-state index contributed by atoms with van der Waals surface area (Å²) in [5.41, 5.74) is 1.67. The second kappa shape index (κ2) is 9.16. The molecule has 150 valence electrons. The number of methoxy groups -OCH3 is 2. The molecule has 0 saturated carbocycles. The smallest absolute Gasteiger partial charge is 0.251 e. The molecule has 0 spiro atoms. The number of hydrogen-bond donors (Lipinski definition) is 2. The summed E-state index contributed by atoms with van der Waals surface area (Å²) in [5.74, 6) is -0.260. The van der Waals surface area contributed by atoms with Crippen molar-refractivity contribution in [3.63, 3.8) is 0 Å². The van der Waals surface area contributed by atoms with E-state index in [9.17, 15) is 14.0 Å². The number of halogens is 1. The lowest BCUT2D eigenvalue weighted by Gasteiger charge is -2.09. The number of anilines is 1. The highest BCUT2D eigenvalue weighted by Gasteiger charge is 2.13. The average Bonchev–Trinajstić information content (AvgIpc) is 3.20. The van der Waals surface area contributed by atoms with Crippen molar-refractivity contribution < 1.29 is 23.5 Å². The monoisotopic (exact) mass is 415 g/mol. The lowest BCUT2D eigenvalue weighted by molar-refractivity contribution is -0.115. The van der Waals surface area contributed by atoms with Gasteiger partial charge in [-0.1, -0.05) is 0 Å². The molecule has 2 amide bonds. The van der Waals surface area contributed by atoms with Crippen molar-refractivity contribution in [2.75, 3.05) is 26.1 Å². The number of aromatic nitrogens is 1. The lowest BCUT2D eigenvalue weighted by atomic mass is 10.2. The Morgan fingerprint density at radius 1 is 1.07 bits per heavy atom. The van der Waals surface area contributed by atoms with E-state index >= 15 is 0 Å². The maximum atomic E-state index is 13.0. The van der Waals surface area contributed by atoms with Crippen LogP contribution in [0, 0.1) is 5.82 Å². The third-order valence-electron chi connectivity index (χ3n) is 3.91. The first-order valence-electron chi connectivity index (χ1n) is 8.51. The minimum Gasteiger partial charge on any atom is -0.497 e. The Bertz CT molecular complexity index is 999. The van der Waals surface area contributed by atoms with Crippen LogP contribution in [0.4, 0.5) is 9.52 Å². The van der Waals surface area contributed by atoms with Crippen LogP contribution in [0.15, 0.2) is 47.8 Å². The molecule has 0 radical (unpaired) electrons. The van der Waals surface area contributed by atoms with Crippen molar-refractivity contribution in [3.05, 3.63) is 59.2 Å². The van der Waals surface area contributed by atoms with Crippen LogP contribution in [0.5, 0.6) is 11.5 Å². The SMILES string of the molecule is COc1cc(OC)cc(C(=O)NCC(=O)Nc2nc(-c3ccc(F)cc3)cs2)c1. The second-order valence-corrected chi connectivity index (χ2v) is 6.74. The minimum absolute atomic E-state index is 0.232. The van der Waals surface area contributed by atoms with E-state index in [1.165, 1.54) is 37.7 Å². The lowest BCUT2D eigenvalue weighted by Crippen LogP contribution is -2.32. The first-order chi connectivity index (χ1) is 14.0. The number of carbonyl (C=O) groups excluding carboxylic acids is 2. The van der Waals surface area contributed by atoms with E-state index in [1.54, 1.807) is 35.7 Å². The molecule has 3 rings (SSSR count). The zero-order chi connectivity index (χ0) is 20.8. The van der Waals surface area contributed by atoms with E-state index < -0.39 is 11.8 Å². The molecule has 0 bridgehead atoms. The van der Waals surface area contributed by atoms with Gasteiger partial charge in [-0.25, -0.2) is 9.37 Å². The fourth-order valence-corrected chi connectivity index (χ4v) is 3.18. The Balaban J connectivity index is 1.57. The molecule has 0 atom stereocenters. The Morgan fingerprint density at radius 2 is 1.72 bits per heavy atom. The quantitative estimate of drug-likeness (QED) is 0.618. The molecule has 1 aromatic heterocycles. The van der Waals surface area contributed by atoms with Gasteiger partial charge in [0.15, 0.2) is 5.13 Å². The molecule has 2 N–H and O–H groups in total. The predicted octanol–water partition coefficient (Wildman–Crippen LogP) is 3.33. The summed E-state index contributed by atoms with van der Waals surface area (Å²) in [6.07, 6.45) is 0. The molecular formula is C20H18FN3O4S. The van der Waals surface area contributed by atoms with Gasteiger partial charge in [-0.2, -0.15) is 0 Å². The third-order valence-corrected chi connectivity index (χ3v) is 4.67. The fraction of sp³-hybridized carbons (Fsp3) is 0.150. The normalized spacial score (nSPS) is 10.3. The molecule has 7 nitrogen and oxygen atoms in total. The summed E-state index contributed by atoms with van der Waals surface area (Å²) in [6.45, 7) is -0.232. The van der Waals surface area contributed by atoms with Gasteiger partial charge in [-0.15, -0.1) is 11.3 Å². The summed E-state index contributed by atoms with van der Waals surface area (Å²) < 4.78 is 23.3. The van der Waals surface area contributed by atoms with Crippen LogP contribution in [0.2, 0.25) is 0 Å². The predicted molar refractivity (Wildman–Crippen MR) is 108 cm³/mol. The van der Waals surface area contributed by atoms with Crippen LogP contribution in [-0.4, -0.2) is 37.6 Å². The van der Waals surface area contributed by atoms with E-state index in [1.807, 2.05) is 0 Å². The number of carbonyl (C=O) groups is 2. The highest BCUT2D eigenvalue weighted by Crippen LogP contribution is 2.25. The molecule has 0 aliphatic rings. The second-order valence-electron chi connectivity index (χ2n) is 5.88. The summed E-state index contributed by atoms with van der Waals surface area (Å²) in [4.78, 5) is 28.7. The molecule has 3 aromatic rings. The number of nitrogens with zero attached hydrogens (tertiary/aromatic N) is 1. The van der Waals surface area contributed by atoms with E-state index in [2.05, 4.69) is 15.6 Å². The Morgan fingerprint density at radius 3 is 2.34 bits per heavy atom. The van der Waals surface area contributed by atoms with E-state index in [0.717, 1.165) is 5.56 Å². The Labute approximate surface area is 170 Å². The van der Waals surface area contributed by atoms with Crippen molar-refractivity contribution >= 4 is 28.3 Å². The highest BCUT2D eigenvalue weighted by atomic mass is 32.1. The van der Waals surface area contributed by atoms with Crippen LogP contribution in [0.3, 0.4) is 0 Å². The average molecular weight is 415 g/mol. The van der Waals surface area contributed by atoms with Crippen molar-refractivity contribution in [1.82, 2.24) is 10.3 Å². The molecule has 0 saturated heterocycles. The topological polar surface area (TPSA) is 89.5 Å². The Kier molecular flexibility index (Phi) is 6.40. The molecular weight excluding hydrogens is 397 g/mol. The molecule has 2 aromatic carbocycles. The van der Waals surface area contributed by atoms with Crippen LogP contribution in [0.1, 0.15) is 10.4 Å². The third kappa shape index (κ3) is 5.29. The zero-order valence-corrected chi connectivity index (χ0v) is 16.5. The number of hydrogen-bond acceptors (Lipinski definition) is 6. The van der Waals surface area contributed by atoms with Gasteiger partial charge in [-0.3, -0.25) is 9.59 Å². The number of nitrogens with one attached hydrogen (secondary N) is 2. The van der Waals surface area contributed by atoms with Crippen molar-refractivity contribution in [3.8, 4) is 22.8 Å². The minimum atomic E-state index is -0.441. The maximum absolute atomic E-state index is 13.0. The van der Waals surface area contributed by atoms with E-state index in [0.29, 0.717) is 27.9 Å². The molecule has 29 heavy (non-hydrogen) atoms. The Hall–Kier alpha value is -3.46. The molecule has 1 heterocycles. The van der Waals surface area contributed by atoms with E-state index in [4.69, 9.17) is 9.47 Å². The summed E-state index contributed by atoms with van der Waals surface area (Å²) in [6, 6.07) is 10.6. The highest BCUT2D eigenvalue weighted by molar-refractivity contribution is 7.14. The number of benzene rings is 2. The molecule has 0 unspecified atom stereocenters.